The molecule has 1 aromatic carbocycles. The highest BCUT2D eigenvalue weighted by Crippen LogP contribution is 2.32. The Morgan fingerprint density at radius 1 is 1.30 bits per heavy atom. The molecule has 0 aromatic heterocycles. The van der Waals surface area contributed by atoms with Crippen molar-refractivity contribution in [2.45, 2.75) is 37.5 Å². The number of aryl methyl sites for hydroxylation is 1. The maximum absolute atomic E-state index is 12.6. The molecule has 2 unspecified atom stereocenters. The van der Waals surface area contributed by atoms with Gasteiger partial charge in [-0.15, -0.1) is 0 Å². The quantitative estimate of drug-likeness (QED) is 0.859. The zero-order valence-electron chi connectivity index (χ0n) is 11.9. The van der Waals surface area contributed by atoms with Crippen LogP contribution in [-0.2, 0) is 6.42 Å². The van der Waals surface area contributed by atoms with E-state index >= 15 is 0 Å². The fourth-order valence-electron chi connectivity index (χ4n) is 3.16. The average Bonchev–Trinajstić information content (AvgIpc) is 2.55. The standard InChI is InChI=1S/C15H21F3N2/c1-19-14-12-8-4-3-6-11(12)7-5-9-13(14)20(2)10-15(16,17)18/h3-4,6,8,13-14,19H,5,7,9-10H2,1-2H3. The van der Waals surface area contributed by atoms with Gasteiger partial charge in [0.1, 0.15) is 0 Å². The van der Waals surface area contributed by atoms with Gasteiger partial charge >= 0.3 is 6.18 Å². The largest absolute Gasteiger partial charge is 0.401 e. The van der Waals surface area contributed by atoms with Crippen molar-refractivity contribution < 1.29 is 13.2 Å². The van der Waals surface area contributed by atoms with Crippen molar-refractivity contribution in [2.24, 2.45) is 0 Å². The topological polar surface area (TPSA) is 15.3 Å². The van der Waals surface area contributed by atoms with Crippen molar-refractivity contribution >= 4 is 0 Å². The van der Waals surface area contributed by atoms with Crippen LogP contribution in [0.5, 0.6) is 0 Å². The molecule has 0 saturated carbocycles. The van der Waals surface area contributed by atoms with Gasteiger partial charge in [0.05, 0.1) is 6.54 Å². The molecule has 1 aromatic rings. The Hall–Kier alpha value is -1.07. The van der Waals surface area contributed by atoms with E-state index in [9.17, 15) is 13.2 Å². The maximum atomic E-state index is 12.6. The summed E-state index contributed by atoms with van der Waals surface area (Å²) in [6.45, 7) is -0.863. The van der Waals surface area contributed by atoms with Crippen molar-refractivity contribution in [3.63, 3.8) is 0 Å². The number of hydrogen-bond acceptors (Lipinski definition) is 2. The van der Waals surface area contributed by atoms with Crippen molar-refractivity contribution in [3.8, 4) is 0 Å². The van der Waals surface area contributed by atoms with E-state index in [1.807, 2.05) is 25.2 Å². The first-order valence-electron chi connectivity index (χ1n) is 6.94. The molecule has 1 aliphatic carbocycles. The van der Waals surface area contributed by atoms with E-state index in [1.165, 1.54) is 10.5 Å². The highest BCUT2D eigenvalue weighted by atomic mass is 19.4. The van der Waals surface area contributed by atoms with Crippen LogP contribution in [-0.4, -0.2) is 37.8 Å². The number of benzene rings is 1. The summed E-state index contributed by atoms with van der Waals surface area (Å²) in [5.41, 5.74) is 2.38. The third-order valence-electron chi connectivity index (χ3n) is 4.03. The van der Waals surface area contributed by atoms with E-state index in [0.29, 0.717) is 0 Å². The smallest absolute Gasteiger partial charge is 0.312 e. The Morgan fingerprint density at radius 2 is 2.00 bits per heavy atom. The molecule has 20 heavy (non-hydrogen) atoms. The number of likely N-dealkylation sites (N-methyl/N-ethyl adjacent to an activating group) is 2. The van der Waals surface area contributed by atoms with Crippen LogP contribution in [0.15, 0.2) is 24.3 Å². The summed E-state index contributed by atoms with van der Waals surface area (Å²) in [4.78, 5) is 1.43. The maximum Gasteiger partial charge on any atom is 0.401 e. The first-order chi connectivity index (χ1) is 9.42. The van der Waals surface area contributed by atoms with E-state index in [1.54, 1.807) is 7.05 Å². The van der Waals surface area contributed by atoms with Gasteiger partial charge in [-0.25, -0.2) is 0 Å². The summed E-state index contributed by atoms with van der Waals surface area (Å²) in [5.74, 6) is 0. The van der Waals surface area contributed by atoms with E-state index in [2.05, 4.69) is 11.4 Å². The second kappa shape index (κ2) is 6.14. The lowest BCUT2D eigenvalue weighted by Crippen LogP contribution is -2.45. The molecule has 0 aliphatic heterocycles. The molecule has 1 N–H and O–H groups in total. The minimum absolute atomic E-state index is 0.0546. The van der Waals surface area contributed by atoms with Gasteiger partial charge in [-0.2, -0.15) is 13.2 Å². The monoisotopic (exact) mass is 286 g/mol. The van der Waals surface area contributed by atoms with Gasteiger partial charge in [0, 0.05) is 12.1 Å². The zero-order valence-corrected chi connectivity index (χ0v) is 11.9. The fourth-order valence-corrected chi connectivity index (χ4v) is 3.16. The molecule has 0 radical (unpaired) electrons. The SMILES string of the molecule is CNC1c2ccccc2CCCC1N(C)CC(F)(F)F. The van der Waals surface area contributed by atoms with Crippen LogP contribution in [0.3, 0.4) is 0 Å². The molecule has 0 heterocycles. The third kappa shape index (κ3) is 3.52. The van der Waals surface area contributed by atoms with Gasteiger partial charge < -0.3 is 5.32 Å². The Kier molecular flexibility index (Phi) is 4.70. The molecule has 2 nitrogen and oxygen atoms in total. The number of hydrogen-bond donors (Lipinski definition) is 1. The van der Waals surface area contributed by atoms with Crippen LogP contribution in [0.1, 0.15) is 30.0 Å². The molecule has 1 aliphatic rings. The third-order valence-corrected chi connectivity index (χ3v) is 4.03. The summed E-state index contributed by atoms with van der Waals surface area (Å²) in [7, 11) is 3.39. The highest BCUT2D eigenvalue weighted by molar-refractivity contribution is 5.32. The summed E-state index contributed by atoms with van der Waals surface area (Å²) < 4.78 is 37.9. The van der Waals surface area contributed by atoms with Crippen molar-refractivity contribution in [1.29, 1.82) is 0 Å². The lowest BCUT2D eigenvalue weighted by molar-refractivity contribution is -0.148. The molecule has 5 heteroatoms. The molecule has 0 spiro atoms. The molecule has 2 rings (SSSR count). The molecule has 112 valence electrons. The molecular formula is C15H21F3N2. The number of fused-ring (bicyclic) bond motifs is 1. The van der Waals surface area contributed by atoms with E-state index < -0.39 is 12.7 Å². The normalized spacial score (nSPS) is 23.5. The van der Waals surface area contributed by atoms with Crippen molar-refractivity contribution in [1.82, 2.24) is 10.2 Å². The Bertz CT molecular complexity index is 445. The predicted molar refractivity (Wildman–Crippen MR) is 73.7 cm³/mol. The Morgan fingerprint density at radius 3 is 2.65 bits per heavy atom. The van der Waals surface area contributed by atoms with Gasteiger partial charge in [-0.1, -0.05) is 24.3 Å². The second-order valence-electron chi connectivity index (χ2n) is 5.46. The lowest BCUT2D eigenvalue weighted by atomic mass is 9.95. The summed E-state index contributed by atoms with van der Waals surface area (Å²) in [5, 5.41) is 3.21. The summed E-state index contributed by atoms with van der Waals surface area (Å²) in [6.07, 6.45) is -1.53. The van der Waals surface area contributed by atoms with Gasteiger partial charge in [0.2, 0.25) is 0 Å². The van der Waals surface area contributed by atoms with Crippen LogP contribution >= 0.6 is 0 Å². The molecular weight excluding hydrogens is 265 g/mol. The zero-order chi connectivity index (χ0) is 14.8. The minimum Gasteiger partial charge on any atom is -0.312 e. The van der Waals surface area contributed by atoms with E-state index in [-0.39, 0.29) is 12.1 Å². The predicted octanol–water partition coefficient (Wildman–Crippen LogP) is 3.15. The van der Waals surface area contributed by atoms with Crippen molar-refractivity contribution in [2.75, 3.05) is 20.6 Å². The summed E-state index contributed by atoms with van der Waals surface area (Å²) in [6, 6.07) is 7.86. The van der Waals surface area contributed by atoms with E-state index in [4.69, 9.17) is 0 Å². The molecule has 2 atom stereocenters. The van der Waals surface area contributed by atoms with Crippen LogP contribution in [0, 0.1) is 0 Å². The lowest BCUT2D eigenvalue weighted by Gasteiger charge is -2.34. The average molecular weight is 286 g/mol. The first-order valence-corrected chi connectivity index (χ1v) is 6.94. The number of halogens is 3. The second-order valence-corrected chi connectivity index (χ2v) is 5.46. The van der Waals surface area contributed by atoms with Crippen LogP contribution in [0.25, 0.3) is 0 Å². The van der Waals surface area contributed by atoms with Gasteiger partial charge in [0.25, 0.3) is 0 Å². The highest BCUT2D eigenvalue weighted by Gasteiger charge is 2.36. The Labute approximate surface area is 118 Å². The first kappa shape index (κ1) is 15.3. The van der Waals surface area contributed by atoms with Crippen LogP contribution in [0.4, 0.5) is 13.2 Å². The number of rotatable bonds is 3. The van der Waals surface area contributed by atoms with Crippen LogP contribution in [0.2, 0.25) is 0 Å². The van der Waals surface area contributed by atoms with Gasteiger partial charge in [0.15, 0.2) is 0 Å². The Balaban J connectivity index is 2.25. The summed E-state index contributed by atoms with van der Waals surface area (Å²) >= 11 is 0. The molecule has 0 bridgehead atoms. The molecule has 0 fully saturated rings. The minimum atomic E-state index is -4.15. The van der Waals surface area contributed by atoms with Crippen molar-refractivity contribution in [3.05, 3.63) is 35.4 Å². The number of nitrogens with zero attached hydrogens (tertiary/aromatic N) is 1. The number of alkyl halides is 3. The molecule has 0 amide bonds. The molecule has 0 saturated heterocycles. The van der Waals surface area contributed by atoms with Crippen LogP contribution < -0.4 is 5.32 Å². The number of nitrogens with one attached hydrogen (secondary N) is 1. The fraction of sp³-hybridized carbons (Fsp3) is 0.600. The van der Waals surface area contributed by atoms with Gasteiger partial charge in [-0.3, -0.25) is 4.90 Å². The van der Waals surface area contributed by atoms with Gasteiger partial charge in [-0.05, 0) is 44.5 Å². The van der Waals surface area contributed by atoms with E-state index in [0.717, 1.165) is 24.8 Å².